The van der Waals surface area contributed by atoms with Gasteiger partial charge in [0.05, 0.1) is 11.3 Å². The number of carbonyl (C=O) groups excluding carboxylic acids is 1. The van der Waals surface area contributed by atoms with E-state index in [1.807, 2.05) is 12.1 Å². The van der Waals surface area contributed by atoms with Crippen LogP contribution in [0.25, 0.3) is 0 Å². The first-order valence-corrected chi connectivity index (χ1v) is 11.5. The van der Waals surface area contributed by atoms with Crippen LogP contribution < -0.4 is 15.4 Å². The molecule has 2 amide bonds. The van der Waals surface area contributed by atoms with Crippen molar-refractivity contribution in [3.63, 3.8) is 0 Å². The number of carbonyl (C=O) groups is 1. The molecule has 5 nitrogen and oxygen atoms in total. The standard InChI is InChI=1S/C27H28F3N3O2/c1-33(2)17-18-8-9-20-15-21(11-10-19(20)14-18)31-26(34)32-25-13-12-23(16-24(25)27(28,29)30)35-22-6-4-3-5-7-22/h3-7,10-13,15-16,18H,8-9,14,17H2,1-2H3,(H2,31,32,34). The monoisotopic (exact) mass is 483 g/mol. The second kappa shape index (κ2) is 10.4. The Morgan fingerprint density at radius 2 is 1.74 bits per heavy atom. The molecule has 1 aliphatic carbocycles. The van der Waals surface area contributed by atoms with E-state index in [1.54, 1.807) is 36.4 Å². The molecule has 0 heterocycles. The molecule has 4 rings (SSSR count). The van der Waals surface area contributed by atoms with Crippen molar-refractivity contribution in [2.75, 3.05) is 31.3 Å². The number of hydrogen-bond donors (Lipinski definition) is 2. The van der Waals surface area contributed by atoms with Gasteiger partial charge in [-0.2, -0.15) is 13.2 Å². The number of para-hydroxylation sites is 1. The summed E-state index contributed by atoms with van der Waals surface area (Å²) in [5.74, 6) is 1.03. The number of hydrogen-bond acceptors (Lipinski definition) is 3. The van der Waals surface area contributed by atoms with Crippen LogP contribution in [0, 0.1) is 5.92 Å². The number of anilines is 2. The van der Waals surface area contributed by atoms with E-state index in [0.717, 1.165) is 37.4 Å². The van der Waals surface area contributed by atoms with Crippen LogP contribution >= 0.6 is 0 Å². The van der Waals surface area contributed by atoms with Crippen LogP contribution in [-0.4, -0.2) is 31.6 Å². The fourth-order valence-corrected chi connectivity index (χ4v) is 4.42. The molecule has 8 heteroatoms. The fourth-order valence-electron chi connectivity index (χ4n) is 4.42. The van der Waals surface area contributed by atoms with E-state index in [-0.39, 0.29) is 11.4 Å². The molecule has 3 aromatic rings. The summed E-state index contributed by atoms with van der Waals surface area (Å²) in [4.78, 5) is 14.7. The first kappa shape index (κ1) is 24.6. The van der Waals surface area contributed by atoms with Crippen molar-refractivity contribution in [2.24, 2.45) is 5.92 Å². The molecule has 35 heavy (non-hydrogen) atoms. The van der Waals surface area contributed by atoms with Gasteiger partial charge in [0.15, 0.2) is 0 Å². The molecule has 0 aliphatic heterocycles. The predicted molar refractivity (Wildman–Crippen MR) is 131 cm³/mol. The highest BCUT2D eigenvalue weighted by Crippen LogP contribution is 2.38. The topological polar surface area (TPSA) is 53.6 Å². The Morgan fingerprint density at radius 3 is 2.46 bits per heavy atom. The highest BCUT2D eigenvalue weighted by atomic mass is 19.4. The van der Waals surface area contributed by atoms with Gasteiger partial charge in [0, 0.05) is 12.2 Å². The molecule has 0 bridgehead atoms. The summed E-state index contributed by atoms with van der Waals surface area (Å²) in [6, 6.07) is 16.9. The third kappa shape index (κ3) is 6.54. The number of amides is 2. The quantitative estimate of drug-likeness (QED) is 0.405. The Labute approximate surface area is 202 Å². The smallest absolute Gasteiger partial charge is 0.418 e. The number of urea groups is 1. The highest BCUT2D eigenvalue weighted by Gasteiger charge is 2.34. The number of halogens is 3. The molecule has 0 radical (unpaired) electrons. The molecular weight excluding hydrogens is 455 g/mol. The number of aryl methyl sites for hydroxylation is 1. The van der Waals surface area contributed by atoms with Gasteiger partial charge >= 0.3 is 12.2 Å². The second-order valence-corrected chi connectivity index (χ2v) is 9.05. The first-order chi connectivity index (χ1) is 16.7. The summed E-state index contributed by atoms with van der Waals surface area (Å²) in [6.07, 6.45) is -1.72. The molecule has 2 N–H and O–H groups in total. The number of ether oxygens (including phenoxy) is 1. The SMILES string of the molecule is CN(C)CC1CCc2cc(NC(=O)Nc3ccc(Oc4ccccc4)cc3C(F)(F)F)ccc2C1. The number of nitrogens with zero attached hydrogens (tertiary/aromatic N) is 1. The molecule has 0 saturated heterocycles. The van der Waals surface area contributed by atoms with Crippen molar-refractivity contribution < 1.29 is 22.7 Å². The lowest BCUT2D eigenvalue weighted by atomic mass is 9.83. The molecule has 0 fully saturated rings. The van der Waals surface area contributed by atoms with Crippen LogP contribution in [0.3, 0.4) is 0 Å². The first-order valence-electron chi connectivity index (χ1n) is 11.5. The van der Waals surface area contributed by atoms with Gasteiger partial charge in [-0.05, 0) is 92.9 Å². The largest absolute Gasteiger partial charge is 0.457 e. The molecule has 0 saturated carbocycles. The zero-order chi connectivity index (χ0) is 25.0. The van der Waals surface area contributed by atoms with Crippen molar-refractivity contribution >= 4 is 17.4 Å². The number of alkyl halides is 3. The van der Waals surface area contributed by atoms with Crippen molar-refractivity contribution in [1.82, 2.24) is 4.90 Å². The molecule has 1 unspecified atom stereocenters. The Hall–Kier alpha value is -3.52. The Morgan fingerprint density at radius 1 is 0.971 bits per heavy atom. The minimum atomic E-state index is -4.67. The van der Waals surface area contributed by atoms with Crippen LogP contribution in [0.5, 0.6) is 11.5 Å². The second-order valence-electron chi connectivity index (χ2n) is 9.05. The van der Waals surface area contributed by atoms with Crippen LogP contribution in [0.15, 0.2) is 66.7 Å². The summed E-state index contributed by atoms with van der Waals surface area (Å²) in [5.41, 5.74) is 1.63. The van der Waals surface area contributed by atoms with Gasteiger partial charge in [0.2, 0.25) is 0 Å². The minimum Gasteiger partial charge on any atom is -0.457 e. The lowest BCUT2D eigenvalue weighted by molar-refractivity contribution is -0.137. The van der Waals surface area contributed by atoms with Crippen molar-refractivity contribution in [3.05, 3.63) is 83.4 Å². The summed E-state index contributed by atoms with van der Waals surface area (Å²) >= 11 is 0. The number of fused-ring (bicyclic) bond motifs is 1. The molecule has 1 aliphatic rings. The van der Waals surface area contributed by atoms with E-state index in [1.165, 1.54) is 17.7 Å². The summed E-state index contributed by atoms with van der Waals surface area (Å²) in [6.45, 7) is 1.03. The van der Waals surface area contributed by atoms with Crippen LogP contribution in [0.4, 0.5) is 29.3 Å². The van der Waals surface area contributed by atoms with Crippen LogP contribution in [0.1, 0.15) is 23.1 Å². The molecular formula is C27H28F3N3O2. The summed E-state index contributed by atoms with van der Waals surface area (Å²) in [5, 5.41) is 4.99. The molecule has 3 aromatic carbocycles. The van der Waals surface area contributed by atoms with Crippen LogP contribution in [0.2, 0.25) is 0 Å². The summed E-state index contributed by atoms with van der Waals surface area (Å²) in [7, 11) is 4.13. The van der Waals surface area contributed by atoms with Crippen LogP contribution in [-0.2, 0) is 19.0 Å². The Bertz CT molecular complexity index is 1180. The predicted octanol–water partition coefficient (Wildman–Crippen LogP) is 6.81. The average Bonchev–Trinajstić information content (AvgIpc) is 2.80. The Balaban J connectivity index is 1.45. The van der Waals surface area contributed by atoms with Gasteiger partial charge in [-0.15, -0.1) is 0 Å². The lowest BCUT2D eigenvalue weighted by Crippen LogP contribution is -2.26. The number of benzene rings is 3. The van der Waals surface area contributed by atoms with E-state index >= 15 is 0 Å². The third-order valence-electron chi connectivity index (χ3n) is 5.94. The van der Waals surface area contributed by atoms with Crippen molar-refractivity contribution in [2.45, 2.75) is 25.4 Å². The van der Waals surface area contributed by atoms with Gasteiger partial charge in [-0.25, -0.2) is 4.79 Å². The fraction of sp³-hybridized carbons (Fsp3) is 0.296. The van der Waals surface area contributed by atoms with Gasteiger partial charge < -0.3 is 20.3 Å². The van der Waals surface area contributed by atoms with E-state index in [4.69, 9.17) is 4.74 Å². The highest BCUT2D eigenvalue weighted by molar-refractivity contribution is 6.00. The molecule has 0 spiro atoms. The van der Waals surface area contributed by atoms with Crippen molar-refractivity contribution in [3.8, 4) is 11.5 Å². The normalized spacial score (nSPS) is 15.4. The molecule has 184 valence electrons. The third-order valence-corrected chi connectivity index (χ3v) is 5.94. The Kier molecular flexibility index (Phi) is 7.31. The van der Waals surface area contributed by atoms with Crippen molar-refractivity contribution in [1.29, 1.82) is 0 Å². The van der Waals surface area contributed by atoms with E-state index < -0.39 is 17.8 Å². The van der Waals surface area contributed by atoms with E-state index in [0.29, 0.717) is 17.4 Å². The molecule has 0 aromatic heterocycles. The zero-order valence-corrected chi connectivity index (χ0v) is 19.7. The lowest BCUT2D eigenvalue weighted by Gasteiger charge is -2.27. The maximum atomic E-state index is 13.7. The van der Waals surface area contributed by atoms with Gasteiger partial charge in [-0.3, -0.25) is 0 Å². The maximum absolute atomic E-state index is 13.7. The summed E-state index contributed by atoms with van der Waals surface area (Å²) < 4.78 is 46.7. The average molecular weight is 484 g/mol. The van der Waals surface area contributed by atoms with E-state index in [2.05, 4.69) is 29.6 Å². The van der Waals surface area contributed by atoms with Gasteiger partial charge in [0.1, 0.15) is 11.5 Å². The number of nitrogens with one attached hydrogen (secondary N) is 2. The van der Waals surface area contributed by atoms with Gasteiger partial charge in [-0.1, -0.05) is 24.3 Å². The molecule has 1 atom stereocenters. The minimum absolute atomic E-state index is 0.0248. The zero-order valence-electron chi connectivity index (χ0n) is 19.7. The van der Waals surface area contributed by atoms with Gasteiger partial charge in [0.25, 0.3) is 0 Å². The maximum Gasteiger partial charge on any atom is 0.418 e. The number of rotatable bonds is 6. The van der Waals surface area contributed by atoms with E-state index in [9.17, 15) is 18.0 Å².